The summed E-state index contributed by atoms with van der Waals surface area (Å²) in [5, 5.41) is 14.0. The van der Waals surface area contributed by atoms with Crippen LogP contribution in [0.4, 0.5) is 4.39 Å². The fraction of sp³-hybridized carbons (Fsp3) is 0.360. The highest BCUT2D eigenvalue weighted by Gasteiger charge is 2.41. The Morgan fingerprint density at radius 3 is 2.88 bits per heavy atom. The number of hydrogen-bond donors (Lipinski definition) is 3. The van der Waals surface area contributed by atoms with Crippen molar-refractivity contribution in [2.45, 2.75) is 43.9 Å². The molecule has 0 bridgehead atoms. The number of pyridine rings is 1. The van der Waals surface area contributed by atoms with E-state index in [-0.39, 0.29) is 11.9 Å². The van der Waals surface area contributed by atoms with Gasteiger partial charge in [-0.05, 0) is 67.3 Å². The minimum Gasteiger partial charge on any atom is -0.496 e. The molecular weight excluding hydrogens is 425 g/mol. The van der Waals surface area contributed by atoms with E-state index < -0.39 is 11.7 Å². The van der Waals surface area contributed by atoms with E-state index >= 15 is 0 Å². The summed E-state index contributed by atoms with van der Waals surface area (Å²) in [4.78, 5) is 20.2. The van der Waals surface area contributed by atoms with Crippen LogP contribution >= 0.6 is 0 Å². The average Bonchev–Trinajstić information content (AvgIpc) is 3.46. The number of benzene rings is 1. The van der Waals surface area contributed by atoms with Crippen molar-refractivity contribution in [3.05, 3.63) is 54.1 Å². The Bertz CT molecular complexity index is 1230. The van der Waals surface area contributed by atoms with Crippen molar-refractivity contribution >= 4 is 22.6 Å². The number of hydrogen-bond acceptors (Lipinski definition) is 6. The van der Waals surface area contributed by atoms with Gasteiger partial charge in [-0.15, -0.1) is 0 Å². The van der Waals surface area contributed by atoms with Crippen molar-refractivity contribution in [3.63, 3.8) is 0 Å². The average molecular weight is 451 g/mol. The van der Waals surface area contributed by atoms with Crippen LogP contribution in [0.5, 0.6) is 5.75 Å². The molecule has 2 aromatic heterocycles. The molecule has 1 saturated heterocycles. The minimum absolute atomic E-state index is 0.262. The minimum atomic E-state index is -1.55. The molecule has 0 amide bonds. The van der Waals surface area contributed by atoms with Gasteiger partial charge in [0.05, 0.1) is 7.11 Å². The van der Waals surface area contributed by atoms with E-state index in [0.717, 1.165) is 35.1 Å². The third-order valence-corrected chi connectivity index (χ3v) is 6.44. The molecule has 1 unspecified atom stereocenters. The number of aliphatic hydroxyl groups is 1. The molecular formula is C25H26FN3O4. The van der Waals surface area contributed by atoms with Crippen LogP contribution in [0, 0.1) is 5.82 Å². The molecule has 3 heterocycles. The second-order valence-electron chi connectivity index (χ2n) is 8.57. The molecule has 3 aromatic rings. The number of allylic oxidation sites excluding steroid dienone is 1. The number of carbonyl (C=O) groups is 1. The Hall–Kier alpha value is -3.23. The molecule has 0 saturated carbocycles. The molecule has 1 aliphatic carbocycles. The maximum atomic E-state index is 14.0. The number of H-pyrrole nitrogens is 1. The van der Waals surface area contributed by atoms with Gasteiger partial charge in [-0.25, -0.2) is 14.2 Å². The Kier molecular flexibility index (Phi) is 5.64. The third kappa shape index (κ3) is 4.12. The van der Waals surface area contributed by atoms with Crippen LogP contribution in [0.2, 0.25) is 0 Å². The molecule has 2 aliphatic rings. The summed E-state index contributed by atoms with van der Waals surface area (Å²) >= 11 is 0. The predicted molar refractivity (Wildman–Crippen MR) is 122 cm³/mol. The summed E-state index contributed by atoms with van der Waals surface area (Å²) in [7, 11) is 1.56. The first-order valence-corrected chi connectivity index (χ1v) is 11.2. The maximum Gasteiger partial charge on any atom is 0.353 e. The predicted octanol–water partition coefficient (Wildman–Crippen LogP) is 3.93. The summed E-state index contributed by atoms with van der Waals surface area (Å²) in [6.07, 6.45) is 6.57. The lowest BCUT2D eigenvalue weighted by atomic mass is 9.94. The van der Waals surface area contributed by atoms with Gasteiger partial charge in [0.15, 0.2) is 0 Å². The molecule has 3 N–H and O–H groups in total. The standard InChI is InChI=1S/C25H26FN3O4/c1-32-22-8-5-16(26)13-19(22)18-9-12-27-23-20(18)14-21(29-23)15-3-6-17(7-4-15)33-24(30)25(31)10-2-11-28-25/h3,5,8-9,12-14,17,28,31H,2,4,6-7,10-11H2,1H3,(H,27,29)/t17?,25-/m1/s1. The Morgan fingerprint density at radius 1 is 1.27 bits per heavy atom. The molecule has 8 heteroatoms. The highest BCUT2D eigenvalue weighted by atomic mass is 19.1. The van der Waals surface area contributed by atoms with Gasteiger partial charge >= 0.3 is 5.97 Å². The zero-order chi connectivity index (χ0) is 23.0. The number of fused-ring (bicyclic) bond motifs is 1. The third-order valence-electron chi connectivity index (χ3n) is 6.44. The van der Waals surface area contributed by atoms with Crippen LogP contribution in [-0.2, 0) is 9.53 Å². The highest BCUT2D eigenvalue weighted by molar-refractivity contribution is 5.96. The molecule has 1 fully saturated rings. The van der Waals surface area contributed by atoms with Crippen molar-refractivity contribution in [1.82, 2.24) is 15.3 Å². The van der Waals surface area contributed by atoms with E-state index in [1.807, 2.05) is 12.1 Å². The zero-order valence-corrected chi connectivity index (χ0v) is 18.4. The highest BCUT2D eigenvalue weighted by Crippen LogP contribution is 2.37. The van der Waals surface area contributed by atoms with Crippen LogP contribution < -0.4 is 10.1 Å². The van der Waals surface area contributed by atoms with Crippen LogP contribution in [0.1, 0.15) is 37.8 Å². The van der Waals surface area contributed by atoms with Gasteiger partial charge in [0.2, 0.25) is 5.72 Å². The Morgan fingerprint density at radius 2 is 2.15 bits per heavy atom. The second-order valence-corrected chi connectivity index (χ2v) is 8.57. The Balaban J connectivity index is 1.38. The molecule has 1 aliphatic heterocycles. The van der Waals surface area contributed by atoms with Gasteiger partial charge in [-0.2, -0.15) is 0 Å². The summed E-state index contributed by atoms with van der Waals surface area (Å²) in [6.45, 7) is 0.609. The topological polar surface area (TPSA) is 96.5 Å². The lowest BCUT2D eigenvalue weighted by Crippen LogP contribution is -2.49. The summed E-state index contributed by atoms with van der Waals surface area (Å²) in [5.74, 6) is -0.337. The first kappa shape index (κ1) is 21.6. The normalized spacial score (nSPS) is 22.9. The number of ether oxygens (including phenoxy) is 2. The van der Waals surface area contributed by atoms with Gasteiger partial charge in [0.1, 0.15) is 23.3 Å². The molecule has 33 heavy (non-hydrogen) atoms. The quantitative estimate of drug-likeness (QED) is 0.509. The number of aromatic amines is 1. The lowest BCUT2D eigenvalue weighted by molar-refractivity contribution is -0.173. The number of rotatable bonds is 5. The van der Waals surface area contributed by atoms with Crippen molar-refractivity contribution in [1.29, 1.82) is 0 Å². The number of halogens is 1. The van der Waals surface area contributed by atoms with Crippen molar-refractivity contribution in [3.8, 4) is 16.9 Å². The molecule has 0 radical (unpaired) electrons. The molecule has 172 valence electrons. The zero-order valence-electron chi connectivity index (χ0n) is 18.4. The molecule has 1 aromatic carbocycles. The van der Waals surface area contributed by atoms with Gasteiger partial charge in [0.25, 0.3) is 0 Å². The first-order chi connectivity index (χ1) is 16.0. The summed E-state index contributed by atoms with van der Waals surface area (Å²) in [5.41, 5.74) is 2.69. The van der Waals surface area contributed by atoms with Gasteiger partial charge in [0, 0.05) is 35.7 Å². The summed E-state index contributed by atoms with van der Waals surface area (Å²) in [6, 6.07) is 8.33. The van der Waals surface area contributed by atoms with E-state index in [2.05, 4.69) is 21.4 Å². The maximum absolute atomic E-state index is 14.0. The first-order valence-electron chi connectivity index (χ1n) is 11.2. The lowest BCUT2D eigenvalue weighted by Gasteiger charge is -2.27. The van der Waals surface area contributed by atoms with E-state index in [4.69, 9.17) is 9.47 Å². The number of carbonyl (C=O) groups excluding carboxylic acids is 1. The van der Waals surface area contributed by atoms with Crippen LogP contribution in [-0.4, -0.2) is 46.5 Å². The number of nitrogens with zero attached hydrogens (tertiary/aromatic N) is 1. The van der Waals surface area contributed by atoms with Crippen molar-refractivity contribution < 1.29 is 23.8 Å². The second kappa shape index (κ2) is 8.61. The largest absolute Gasteiger partial charge is 0.496 e. The van der Waals surface area contributed by atoms with E-state index in [1.165, 1.54) is 12.1 Å². The van der Waals surface area contributed by atoms with Gasteiger partial charge < -0.3 is 19.6 Å². The van der Waals surface area contributed by atoms with Crippen LogP contribution in [0.3, 0.4) is 0 Å². The van der Waals surface area contributed by atoms with E-state index in [1.54, 1.807) is 19.4 Å². The number of methoxy groups -OCH3 is 1. The van der Waals surface area contributed by atoms with Crippen molar-refractivity contribution in [2.75, 3.05) is 13.7 Å². The molecule has 0 spiro atoms. The SMILES string of the molecule is COc1ccc(F)cc1-c1ccnc2[nH]c(C3=CCC(OC(=O)[C@]4(O)CCCN4)CC3)cc12. The van der Waals surface area contributed by atoms with E-state index in [0.29, 0.717) is 42.8 Å². The molecule has 5 rings (SSSR count). The van der Waals surface area contributed by atoms with Gasteiger partial charge in [-0.1, -0.05) is 6.08 Å². The van der Waals surface area contributed by atoms with Crippen molar-refractivity contribution in [2.24, 2.45) is 0 Å². The summed E-state index contributed by atoms with van der Waals surface area (Å²) < 4.78 is 25.0. The fourth-order valence-electron chi connectivity index (χ4n) is 4.64. The Labute approximate surface area is 190 Å². The fourth-order valence-corrected chi connectivity index (χ4v) is 4.64. The van der Waals surface area contributed by atoms with Crippen LogP contribution in [0.15, 0.2) is 42.6 Å². The number of nitrogens with one attached hydrogen (secondary N) is 2. The smallest absolute Gasteiger partial charge is 0.353 e. The number of aromatic nitrogens is 2. The van der Waals surface area contributed by atoms with E-state index in [9.17, 15) is 14.3 Å². The monoisotopic (exact) mass is 451 g/mol. The molecule has 7 nitrogen and oxygen atoms in total. The van der Waals surface area contributed by atoms with Gasteiger partial charge in [-0.3, -0.25) is 5.32 Å². The molecule has 2 atom stereocenters. The van der Waals surface area contributed by atoms with Crippen LogP contribution in [0.25, 0.3) is 27.7 Å². The number of esters is 1.